The minimum Gasteiger partial charge on any atom is -0.469 e. The summed E-state index contributed by atoms with van der Waals surface area (Å²) in [5.74, 6) is 0.795. The zero-order valence-corrected chi connectivity index (χ0v) is 12.2. The number of methoxy groups -OCH3 is 1. The van der Waals surface area contributed by atoms with E-state index in [0.29, 0.717) is 6.42 Å². The van der Waals surface area contributed by atoms with Crippen LogP contribution in [0.5, 0.6) is 0 Å². The molecule has 0 bridgehead atoms. The van der Waals surface area contributed by atoms with Gasteiger partial charge in [0.15, 0.2) is 0 Å². The molecule has 2 aromatic rings. The second-order valence-electron chi connectivity index (χ2n) is 4.94. The van der Waals surface area contributed by atoms with E-state index >= 15 is 0 Å². The summed E-state index contributed by atoms with van der Waals surface area (Å²) in [6, 6.07) is 8.17. The van der Waals surface area contributed by atoms with E-state index in [9.17, 15) is 4.79 Å². The summed E-state index contributed by atoms with van der Waals surface area (Å²) >= 11 is 0. The predicted molar refractivity (Wildman–Crippen MR) is 78.6 cm³/mol. The molecule has 1 aromatic carbocycles. The summed E-state index contributed by atoms with van der Waals surface area (Å²) in [6.07, 6.45) is 1.20. The Morgan fingerprint density at radius 2 is 2.15 bits per heavy atom. The highest BCUT2D eigenvalue weighted by Crippen LogP contribution is 2.28. The van der Waals surface area contributed by atoms with Crippen molar-refractivity contribution in [1.29, 1.82) is 0 Å². The summed E-state index contributed by atoms with van der Waals surface area (Å²) in [5, 5.41) is 4.54. The number of fused-ring (bicyclic) bond motifs is 1. The average molecular weight is 275 g/mol. The van der Waals surface area contributed by atoms with E-state index in [0.717, 1.165) is 29.7 Å². The zero-order chi connectivity index (χ0) is 14.5. The van der Waals surface area contributed by atoms with Gasteiger partial charge < -0.3 is 14.5 Å². The van der Waals surface area contributed by atoms with Crippen molar-refractivity contribution >= 4 is 16.9 Å². The van der Waals surface area contributed by atoms with Crippen molar-refractivity contribution in [2.45, 2.75) is 32.7 Å². The summed E-state index contributed by atoms with van der Waals surface area (Å²) in [6.45, 7) is 4.91. The summed E-state index contributed by atoms with van der Waals surface area (Å²) in [7, 11) is 1.41. The van der Waals surface area contributed by atoms with E-state index in [1.165, 1.54) is 12.7 Å². The summed E-state index contributed by atoms with van der Waals surface area (Å²) < 4.78 is 10.5. The van der Waals surface area contributed by atoms with Crippen molar-refractivity contribution in [2.24, 2.45) is 0 Å². The second kappa shape index (κ2) is 6.57. The lowest BCUT2D eigenvalue weighted by Gasteiger charge is -2.12. The van der Waals surface area contributed by atoms with E-state index in [-0.39, 0.29) is 12.0 Å². The number of carbonyl (C=O) groups excluding carboxylic acids is 1. The number of esters is 1. The highest BCUT2D eigenvalue weighted by Gasteiger charge is 2.15. The molecular formula is C16H21NO3. The molecule has 1 aromatic heterocycles. The van der Waals surface area contributed by atoms with Gasteiger partial charge in [0.05, 0.1) is 13.2 Å². The molecule has 0 saturated carbocycles. The van der Waals surface area contributed by atoms with Gasteiger partial charge >= 0.3 is 5.97 Å². The Kier molecular flexibility index (Phi) is 4.79. The first kappa shape index (κ1) is 14.6. The van der Waals surface area contributed by atoms with Crippen LogP contribution < -0.4 is 5.32 Å². The van der Waals surface area contributed by atoms with Crippen LogP contribution in [0.4, 0.5) is 0 Å². The van der Waals surface area contributed by atoms with Crippen molar-refractivity contribution in [3.8, 4) is 0 Å². The minimum atomic E-state index is -0.167. The van der Waals surface area contributed by atoms with E-state index < -0.39 is 0 Å². The van der Waals surface area contributed by atoms with E-state index in [4.69, 9.17) is 4.42 Å². The number of benzene rings is 1. The Morgan fingerprint density at radius 1 is 1.40 bits per heavy atom. The zero-order valence-electron chi connectivity index (χ0n) is 12.2. The van der Waals surface area contributed by atoms with Gasteiger partial charge in [-0.3, -0.25) is 4.79 Å². The maximum atomic E-state index is 11.0. The fourth-order valence-electron chi connectivity index (χ4n) is 2.35. The number of furan rings is 1. The van der Waals surface area contributed by atoms with Crippen molar-refractivity contribution in [3.05, 3.63) is 35.6 Å². The SMILES string of the molecule is COC(=O)CCCNC(C)c1oc2ccccc2c1C. The highest BCUT2D eigenvalue weighted by molar-refractivity contribution is 5.82. The van der Waals surface area contributed by atoms with Gasteiger partial charge in [0.25, 0.3) is 0 Å². The molecule has 108 valence electrons. The van der Waals surface area contributed by atoms with E-state index in [1.54, 1.807) is 0 Å². The molecule has 1 heterocycles. The minimum absolute atomic E-state index is 0.125. The fraction of sp³-hybridized carbons (Fsp3) is 0.438. The molecular weight excluding hydrogens is 254 g/mol. The Labute approximate surface area is 119 Å². The van der Waals surface area contributed by atoms with Crippen molar-refractivity contribution in [2.75, 3.05) is 13.7 Å². The molecule has 0 saturated heterocycles. The van der Waals surface area contributed by atoms with Crippen LogP contribution in [0, 0.1) is 6.92 Å². The van der Waals surface area contributed by atoms with Gasteiger partial charge in [0.2, 0.25) is 0 Å². The van der Waals surface area contributed by atoms with Crippen molar-refractivity contribution in [3.63, 3.8) is 0 Å². The predicted octanol–water partition coefficient (Wildman–Crippen LogP) is 3.35. The van der Waals surface area contributed by atoms with Crippen LogP contribution in [0.15, 0.2) is 28.7 Å². The summed E-state index contributed by atoms with van der Waals surface area (Å²) in [5.41, 5.74) is 2.09. The number of ether oxygens (including phenoxy) is 1. The van der Waals surface area contributed by atoms with Gasteiger partial charge in [-0.05, 0) is 38.4 Å². The Balaban J connectivity index is 1.95. The monoisotopic (exact) mass is 275 g/mol. The van der Waals surface area contributed by atoms with E-state index in [1.807, 2.05) is 18.2 Å². The van der Waals surface area contributed by atoms with Gasteiger partial charge in [0, 0.05) is 11.8 Å². The third-order valence-corrected chi connectivity index (χ3v) is 3.51. The van der Waals surface area contributed by atoms with Crippen LogP contribution in [-0.4, -0.2) is 19.6 Å². The molecule has 0 aliphatic rings. The Bertz CT molecular complexity index is 588. The highest BCUT2D eigenvalue weighted by atomic mass is 16.5. The van der Waals surface area contributed by atoms with Gasteiger partial charge in [-0.2, -0.15) is 0 Å². The topological polar surface area (TPSA) is 51.5 Å². The number of hydrogen-bond donors (Lipinski definition) is 1. The third kappa shape index (κ3) is 3.20. The lowest BCUT2D eigenvalue weighted by molar-refractivity contribution is -0.140. The lowest BCUT2D eigenvalue weighted by atomic mass is 10.1. The Morgan fingerprint density at radius 3 is 2.85 bits per heavy atom. The Hall–Kier alpha value is -1.81. The van der Waals surface area contributed by atoms with Crippen LogP contribution in [-0.2, 0) is 9.53 Å². The molecule has 1 unspecified atom stereocenters. The number of aryl methyl sites for hydroxylation is 1. The third-order valence-electron chi connectivity index (χ3n) is 3.51. The largest absolute Gasteiger partial charge is 0.469 e. The first-order chi connectivity index (χ1) is 9.63. The van der Waals surface area contributed by atoms with Crippen molar-refractivity contribution in [1.82, 2.24) is 5.32 Å². The number of carbonyl (C=O) groups is 1. The van der Waals surface area contributed by atoms with Crippen LogP contribution in [0.2, 0.25) is 0 Å². The maximum Gasteiger partial charge on any atom is 0.305 e. The first-order valence-corrected chi connectivity index (χ1v) is 6.91. The normalized spacial score (nSPS) is 12.6. The van der Waals surface area contributed by atoms with Gasteiger partial charge in [-0.1, -0.05) is 18.2 Å². The molecule has 0 amide bonds. The molecule has 0 radical (unpaired) electrons. The van der Waals surface area contributed by atoms with Gasteiger partial charge in [-0.25, -0.2) is 0 Å². The van der Waals surface area contributed by atoms with Crippen LogP contribution in [0.25, 0.3) is 11.0 Å². The standard InChI is InChI=1S/C16H21NO3/c1-11-13-7-4-5-8-14(13)20-16(11)12(2)17-10-6-9-15(18)19-3/h4-5,7-8,12,17H,6,9-10H2,1-3H3. The molecule has 1 atom stereocenters. The number of nitrogens with one attached hydrogen (secondary N) is 1. The lowest BCUT2D eigenvalue weighted by Crippen LogP contribution is -2.20. The molecule has 0 spiro atoms. The molecule has 0 aliphatic carbocycles. The molecule has 20 heavy (non-hydrogen) atoms. The van der Waals surface area contributed by atoms with Crippen LogP contribution in [0.3, 0.4) is 0 Å². The molecule has 2 rings (SSSR count). The van der Waals surface area contributed by atoms with Gasteiger partial charge in [0.1, 0.15) is 11.3 Å². The van der Waals surface area contributed by atoms with Crippen LogP contribution >= 0.6 is 0 Å². The number of rotatable bonds is 6. The maximum absolute atomic E-state index is 11.0. The molecule has 4 heteroatoms. The fourth-order valence-corrected chi connectivity index (χ4v) is 2.35. The molecule has 0 fully saturated rings. The molecule has 1 N–H and O–H groups in total. The molecule has 4 nitrogen and oxygen atoms in total. The van der Waals surface area contributed by atoms with Crippen LogP contribution in [0.1, 0.15) is 37.1 Å². The second-order valence-corrected chi connectivity index (χ2v) is 4.94. The number of hydrogen-bond acceptors (Lipinski definition) is 4. The van der Waals surface area contributed by atoms with Gasteiger partial charge in [-0.15, -0.1) is 0 Å². The smallest absolute Gasteiger partial charge is 0.305 e. The van der Waals surface area contributed by atoms with E-state index in [2.05, 4.69) is 30.0 Å². The quantitative estimate of drug-likeness (QED) is 0.649. The van der Waals surface area contributed by atoms with Crippen molar-refractivity contribution < 1.29 is 13.9 Å². The average Bonchev–Trinajstić information content (AvgIpc) is 2.81. The summed E-state index contributed by atoms with van der Waals surface area (Å²) in [4.78, 5) is 11.0. The number of para-hydroxylation sites is 1. The molecule has 0 aliphatic heterocycles. The first-order valence-electron chi connectivity index (χ1n) is 6.91.